The number of hydrogen-bond donors (Lipinski definition) is 0. The summed E-state index contributed by atoms with van der Waals surface area (Å²) < 4.78 is 4.93. The van der Waals surface area contributed by atoms with Gasteiger partial charge in [-0.3, -0.25) is 4.79 Å². The van der Waals surface area contributed by atoms with E-state index in [9.17, 15) is 4.79 Å². The highest BCUT2D eigenvalue weighted by atomic mass is 16.5. The van der Waals surface area contributed by atoms with Crippen LogP contribution in [0.4, 0.5) is 0 Å². The molecule has 16 heavy (non-hydrogen) atoms. The van der Waals surface area contributed by atoms with E-state index < -0.39 is 0 Å². The van der Waals surface area contributed by atoms with Gasteiger partial charge in [-0.2, -0.15) is 0 Å². The van der Waals surface area contributed by atoms with Crippen molar-refractivity contribution in [2.45, 2.75) is 60.3 Å². The first kappa shape index (κ1) is 15.2. The van der Waals surface area contributed by atoms with Crippen LogP contribution in [-0.2, 0) is 9.53 Å². The largest absolute Gasteiger partial charge is 0.432 e. The number of carbonyl (C=O) groups excluding carboxylic acids is 1. The molecule has 94 valence electrons. The SMILES string of the molecule is C=C(C[C@H](C)CCCC(C)(C)C)OC(C)=O. The standard InChI is InChI=1S/C14H26O2/c1-11(8-7-9-14(4,5)6)10-12(2)16-13(3)15/h11H,2,7-10H2,1,3-6H3/t11-/m1/s1. The number of carbonyl (C=O) groups is 1. The third kappa shape index (κ3) is 9.75. The van der Waals surface area contributed by atoms with E-state index in [4.69, 9.17) is 4.74 Å². The minimum atomic E-state index is -0.271. The van der Waals surface area contributed by atoms with Crippen LogP contribution in [0.1, 0.15) is 60.3 Å². The van der Waals surface area contributed by atoms with Crippen LogP contribution in [0, 0.1) is 11.3 Å². The van der Waals surface area contributed by atoms with Gasteiger partial charge in [0.25, 0.3) is 0 Å². The molecule has 2 nitrogen and oxygen atoms in total. The van der Waals surface area contributed by atoms with Crippen LogP contribution in [0.3, 0.4) is 0 Å². The molecule has 1 atom stereocenters. The van der Waals surface area contributed by atoms with Gasteiger partial charge in [0.15, 0.2) is 0 Å². The van der Waals surface area contributed by atoms with E-state index in [0.29, 0.717) is 17.1 Å². The fraction of sp³-hybridized carbons (Fsp3) is 0.786. The molecule has 0 spiro atoms. The number of ether oxygens (including phenoxy) is 1. The first-order valence-corrected chi connectivity index (χ1v) is 6.07. The van der Waals surface area contributed by atoms with Crippen LogP contribution in [0.2, 0.25) is 0 Å². The number of hydrogen-bond acceptors (Lipinski definition) is 2. The minimum Gasteiger partial charge on any atom is -0.432 e. The lowest BCUT2D eigenvalue weighted by atomic mass is 9.87. The normalized spacial score (nSPS) is 13.3. The van der Waals surface area contributed by atoms with Crippen molar-refractivity contribution in [2.24, 2.45) is 11.3 Å². The monoisotopic (exact) mass is 226 g/mol. The van der Waals surface area contributed by atoms with Gasteiger partial charge in [-0.05, 0) is 17.8 Å². The molecule has 0 unspecified atom stereocenters. The molecule has 0 aromatic carbocycles. The van der Waals surface area contributed by atoms with Gasteiger partial charge in [0, 0.05) is 13.3 Å². The van der Waals surface area contributed by atoms with Crippen molar-refractivity contribution in [1.29, 1.82) is 0 Å². The average Bonchev–Trinajstić information content (AvgIpc) is 1.98. The lowest BCUT2D eigenvalue weighted by molar-refractivity contribution is -0.137. The van der Waals surface area contributed by atoms with E-state index >= 15 is 0 Å². The Labute approximate surface area is 100 Å². The first-order chi connectivity index (χ1) is 7.20. The molecule has 0 heterocycles. The van der Waals surface area contributed by atoms with Crippen molar-refractivity contribution in [1.82, 2.24) is 0 Å². The molecule has 2 heteroatoms. The summed E-state index contributed by atoms with van der Waals surface area (Å²) in [6, 6.07) is 0. The summed E-state index contributed by atoms with van der Waals surface area (Å²) in [7, 11) is 0. The molecular weight excluding hydrogens is 200 g/mol. The quantitative estimate of drug-likeness (QED) is 0.498. The highest BCUT2D eigenvalue weighted by molar-refractivity contribution is 5.67. The molecule has 0 aromatic heterocycles. The maximum absolute atomic E-state index is 10.7. The zero-order valence-electron chi connectivity index (χ0n) is 11.4. The van der Waals surface area contributed by atoms with Crippen molar-refractivity contribution < 1.29 is 9.53 Å². The van der Waals surface area contributed by atoms with Gasteiger partial charge in [0.2, 0.25) is 0 Å². The molecule has 0 aliphatic rings. The summed E-state index contributed by atoms with van der Waals surface area (Å²) >= 11 is 0. The summed E-state index contributed by atoms with van der Waals surface area (Å²) in [5.74, 6) is 0.858. The zero-order valence-corrected chi connectivity index (χ0v) is 11.4. The van der Waals surface area contributed by atoms with Crippen molar-refractivity contribution in [3.05, 3.63) is 12.3 Å². The van der Waals surface area contributed by atoms with Crippen LogP contribution in [0.25, 0.3) is 0 Å². The molecule has 0 fully saturated rings. The predicted octanol–water partition coefficient (Wildman–Crippen LogP) is 4.31. The van der Waals surface area contributed by atoms with Crippen LogP contribution in [-0.4, -0.2) is 5.97 Å². The molecule has 0 aromatic rings. The lowest BCUT2D eigenvalue weighted by Gasteiger charge is -2.19. The molecule has 0 bridgehead atoms. The van der Waals surface area contributed by atoms with Crippen molar-refractivity contribution in [3.8, 4) is 0 Å². The lowest BCUT2D eigenvalue weighted by Crippen LogP contribution is -2.07. The van der Waals surface area contributed by atoms with Crippen LogP contribution in [0.5, 0.6) is 0 Å². The summed E-state index contributed by atoms with van der Waals surface area (Å²) in [4.78, 5) is 10.7. The van der Waals surface area contributed by atoms with Crippen LogP contribution < -0.4 is 0 Å². The van der Waals surface area contributed by atoms with E-state index in [2.05, 4.69) is 34.3 Å². The Kier molecular flexibility index (Phi) is 6.39. The Morgan fingerprint density at radius 2 is 1.94 bits per heavy atom. The Morgan fingerprint density at radius 3 is 2.38 bits per heavy atom. The number of allylic oxidation sites excluding steroid dienone is 1. The highest BCUT2D eigenvalue weighted by Gasteiger charge is 2.12. The summed E-state index contributed by atoms with van der Waals surface area (Å²) in [5, 5.41) is 0. The smallest absolute Gasteiger partial charge is 0.307 e. The van der Waals surface area contributed by atoms with E-state index in [-0.39, 0.29) is 5.97 Å². The summed E-state index contributed by atoms with van der Waals surface area (Å²) in [6.07, 6.45) is 4.40. The van der Waals surface area contributed by atoms with Gasteiger partial charge >= 0.3 is 5.97 Å². The van der Waals surface area contributed by atoms with Gasteiger partial charge in [0.1, 0.15) is 5.76 Å². The van der Waals surface area contributed by atoms with Gasteiger partial charge in [0.05, 0.1) is 0 Å². The molecular formula is C14H26O2. The minimum absolute atomic E-state index is 0.271. The topological polar surface area (TPSA) is 26.3 Å². The van der Waals surface area contributed by atoms with Gasteiger partial charge < -0.3 is 4.74 Å². The zero-order chi connectivity index (χ0) is 12.8. The van der Waals surface area contributed by atoms with Gasteiger partial charge in [-0.15, -0.1) is 0 Å². The van der Waals surface area contributed by atoms with Gasteiger partial charge in [-0.25, -0.2) is 0 Å². The third-order valence-electron chi connectivity index (χ3n) is 2.49. The predicted molar refractivity (Wildman–Crippen MR) is 68.0 cm³/mol. The second kappa shape index (κ2) is 6.72. The Morgan fingerprint density at radius 1 is 1.38 bits per heavy atom. The van der Waals surface area contributed by atoms with Crippen molar-refractivity contribution in [3.63, 3.8) is 0 Å². The van der Waals surface area contributed by atoms with Crippen molar-refractivity contribution >= 4 is 5.97 Å². The molecule has 0 aliphatic carbocycles. The molecule has 0 radical (unpaired) electrons. The Bertz CT molecular complexity index is 236. The fourth-order valence-electron chi connectivity index (χ4n) is 1.72. The molecule has 0 rings (SSSR count). The third-order valence-corrected chi connectivity index (χ3v) is 2.49. The highest BCUT2D eigenvalue weighted by Crippen LogP contribution is 2.25. The first-order valence-electron chi connectivity index (χ1n) is 6.07. The second-order valence-electron chi connectivity index (χ2n) is 5.89. The second-order valence-corrected chi connectivity index (χ2v) is 5.89. The summed E-state index contributed by atoms with van der Waals surface area (Å²) in [5.41, 5.74) is 0.409. The maximum Gasteiger partial charge on any atom is 0.307 e. The summed E-state index contributed by atoms with van der Waals surface area (Å²) in [6.45, 7) is 14.1. The van der Waals surface area contributed by atoms with Gasteiger partial charge in [-0.1, -0.05) is 47.1 Å². The molecule has 0 saturated heterocycles. The average molecular weight is 226 g/mol. The van der Waals surface area contributed by atoms with E-state index in [1.165, 1.54) is 19.8 Å². The molecule has 0 saturated carbocycles. The van der Waals surface area contributed by atoms with Crippen LogP contribution in [0.15, 0.2) is 12.3 Å². The van der Waals surface area contributed by atoms with E-state index in [0.717, 1.165) is 12.8 Å². The molecule has 0 amide bonds. The fourth-order valence-corrected chi connectivity index (χ4v) is 1.72. The van der Waals surface area contributed by atoms with Crippen molar-refractivity contribution in [2.75, 3.05) is 0 Å². The molecule has 0 N–H and O–H groups in total. The number of esters is 1. The Balaban J connectivity index is 3.70. The Hall–Kier alpha value is -0.790. The number of rotatable bonds is 6. The van der Waals surface area contributed by atoms with Crippen LogP contribution >= 0.6 is 0 Å². The maximum atomic E-state index is 10.7. The van der Waals surface area contributed by atoms with E-state index in [1.54, 1.807) is 0 Å². The van der Waals surface area contributed by atoms with E-state index in [1.807, 2.05) is 0 Å². The molecule has 0 aliphatic heterocycles.